The van der Waals surface area contributed by atoms with Gasteiger partial charge in [-0.3, -0.25) is 14.6 Å². The van der Waals surface area contributed by atoms with Crippen LogP contribution in [-0.4, -0.2) is 36.7 Å². The Kier molecular flexibility index (Phi) is 4.97. The number of nitrogens with two attached hydrogens (primary N) is 1. The maximum atomic E-state index is 12.9. The van der Waals surface area contributed by atoms with Crippen molar-refractivity contribution in [3.8, 4) is 0 Å². The molecule has 0 aromatic heterocycles. The van der Waals surface area contributed by atoms with Crippen LogP contribution in [0, 0.1) is 0 Å². The second-order valence-corrected chi connectivity index (χ2v) is 7.01. The Balaban J connectivity index is 1.56. The molecule has 7 heteroatoms. The summed E-state index contributed by atoms with van der Waals surface area (Å²) >= 11 is 0. The Morgan fingerprint density at radius 1 is 1.00 bits per heavy atom. The monoisotopic (exact) mass is 377 g/mol. The molecule has 144 valence electrons. The average Bonchev–Trinajstić information content (AvgIpc) is 3.39. The number of amides is 2. The van der Waals surface area contributed by atoms with E-state index >= 15 is 0 Å². The van der Waals surface area contributed by atoms with Gasteiger partial charge in [0, 0.05) is 19.5 Å². The van der Waals surface area contributed by atoms with E-state index in [-0.39, 0.29) is 12.3 Å². The molecule has 0 bridgehead atoms. The summed E-state index contributed by atoms with van der Waals surface area (Å²) in [6, 6.07) is 16.4. The van der Waals surface area contributed by atoms with Crippen molar-refractivity contribution < 1.29 is 9.59 Å². The zero-order chi connectivity index (χ0) is 19.5. The van der Waals surface area contributed by atoms with Crippen molar-refractivity contribution in [2.45, 2.75) is 25.3 Å². The molecule has 2 amide bonds. The summed E-state index contributed by atoms with van der Waals surface area (Å²) in [4.78, 5) is 27.1. The van der Waals surface area contributed by atoms with Crippen LogP contribution in [0.5, 0.6) is 0 Å². The molecular formula is C21H23N5O2. The minimum Gasteiger partial charge on any atom is -0.370 e. The van der Waals surface area contributed by atoms with Gasteiger partial charge in [0.15, 0.2) is 0 Å². The van der Waals surface area contributed by atoms with Crippen LogP contribution in [0.25, 0.3) is 0 Å². The highest BCUT2D eigenvalue weighted by atomic mass is 16.2. The highest BCUT2D eigenvalue weighted by Gasteiger charge is 2.35. The number of rotatable bonds is 5. The molecule has 0 spiro atoms. The fourth-order valence-corrected chi connectivity index (χ4v) is 3.70. The van der Waals surface area contributed by atoms with Crippen LogP contribution in [0.4, 0.5) is 17.1 Å². The fraction of sp³-hybridized carbons (Fsp3) is 0.286. The number of nitrogens with one attached hydrogen (secondary N) is 1. The molecule has 0 unspecified atom stereocenters. The van der Waals surface area contributed by atoms with E-state index in [9.17, 15) is 9.59 Å². The third kappa shape index (κ3) is 3.55. The molecule has 4 rings (SSSR count). The first-order valence-electron chi connectivity index (χ1n) is 9.50. The lowest BCUT2D eigenvalue weighted by atomic mass is 10.1. The molecule has 2 heterocycles. The number of para-hydroxylation sites is 3. The first kappa shape index (κ1) is 18.0. The zero-order valence-electron chi connectivity index (χ0n) is 15.5. The second kappa shape index (κ2) is 7.72. The predicted octanol–water partition coefficient (Wildman–Crippen LogP) is 2.35. The van der Waals surface area contributed by atoms with Gasteiger partial charge in [0.1, 0.15) is 11.8 Å². The summed E-state index contributed by atoms with van der Waals surface area (Å²) in [7, 11) is 0. The standard InChI is InChI=1S/C21H23N5O2/c22-20(27)19-14-17(24-26(19)15-8-2-1-3-9-15)21(28)23-16-10-4-5-11-18(16)25-12-6-7-13-25/h1-5,8-11,19H,6-7,12-14H2,(H2,22,27)(H,23,28)/t19-/m1/s1. The molecular weight excluding hydrogens is 354 g/mol. The fourth-order valence-electron chi connectivity index (χ4n) is 3.70. The van der Waals surface area contributed by atoms with Crippen LogP contribution in [0.2, 0.25) is 0 Å². The number of carbonyl (C=O) groups excluding carboxylic acids is 2. The number of anilines is 3. The molecule has 1 fully saturated rings. The van der Waals surface area contributed by atoms with Crippen molar-refractivity contribution in [3.63, 3.8) is 0 Å². The van der Waals surface area contributed by atoms with Crippen molar-refractivity contribution >= 4 is 34.6 Å². The van der Waals surface area contributed by atoms with Crippen molar-refractivity contribution in [2.75, 3.05) is 28.3 Å². The van der Waals surface area contributed by atoms with Gasteiger partial charge >= 0.3 is 0 Å². The first-order chi connectivity index (χ1) is 13.6. The third-order valence-corrected chi connectivity index (χ3v) is 5.12. The van der Waals surface area contributed by atoms with E-state index in [0.29, 0.717) is 5.71 Å². The number of primary amides is 1. The van der Waals surface area contributed by atoms with E-state index in [0.717, 1.165) is 43.0 Å². The van der Waals surface area contributed by atoms with Gasteiger partial charge in [0.2, 0.25) is 5.91 Å². The molecule has 3 N–H and O–H groups in total. The minimum atomic E-state index is -0.669. The van der Waals surface area contributed by atoms with Gasteiger partial charge in [-0.2, -0.15) is 5.10 Å². The maximum Gasteiger partial charge on any atom is 0.272 e. The Hall–Kier alpha value is -3.35. The number of hydrazone groups is 1. The average molecular weight is 377 g/mol. The van der Waals surface area contributed by atoms with Gasteiger partial charge in [-0.25, -0.2) is 0 Å². The van der Waals surface area contributed by atoms with Crippen molar-refractivity contribution in [3.05, 3.63) is 54.6 Å². The van der Waals surface area contributed by atoms with E-state index in [1.165, 1.54) is 5.01 Å². The van der Waals surface area contributed by atoms with Gasteiger partial charge in [0.25, 0.3) is 5.91 Å². The van der Waals surface area contributed by atoms with E-state index in [4.69, 9.17) is 5.73 Å². The highest BCUT2D eigenvalue weighted by Crippen LogP contribution is 2.29. The lowest BCUT2D eigenvalue weighted by Crippen LogP contribution is -2.39. The molecule has 1 atom stereocenters. The number of carbonyl (C=O) groups is 2. The van der Waals surface area contributed by atoms with Crippen molar-refractivity contribution in [1.82, 2.24) is 0 Å². The normalized spacial score (nSPS) is 18.9. The lowest BCUT2D eigenvalue weighted by molar-refractivity contribution is -0.119. The van der Waals surface area contributed by atoms with Crippen molar-refractivity contribution in [1.29, 1.82) is 0 Å². The summed E-state index contributed by atoms with van der Waals surface area (Å²) < 4.78 is 0. The third-order valence-electron chi connectivity index (χ3n) is 5.12. The van der Waals surface area contributed by atoms with Gasteiger partial charge in [0.05, 0.1) is 17.1 Å². The van der Waals surface area contributed by atoms with Crippen LogP contribution < -0.4 is 21.0 Å². The van der Waals surface area contributed by atoms with Gasteiger partial charge < -0.3 is 16.0 Å². The Bertz CT molecular complexity index is 906. The van der Waals surface area contributed by atoms with E-state index < -0.39 is 11.9 Å². The highest BCUT2D eigenvalue weighted by molar-refractivity contribution is 6.44. The largest absolute Gasteiger partial charge is 0.370 e. The first-order valence-corrected chi connectivity index (χ1v) is 9.50. The molecule has 2 aliphatic rings. The van der Waals surface area contributed by atoms with Crippen molar-refractivity contribution in [2.24, 2.45) is 10.8 Å². The molecule has 7 nitrogen and oxygen atoms in total. The summed E-state index contributed by atoms with van der Waals surface area (Å²) in [6.07, 6.45) is 2.49. The minimum absolute atomic E-state index is 0.182. The SMILES string of the molecule is NC(=O)[C@H]1CC(C(=O)Nc2ccccc2N2CCCC2)=NN1c1ccccc1. The van der Waals surface area contributed by atoms with Gasteiger partial charge in [-0.15, -0.1) is 0 Å². The Morgan fingerprint density at radius 3 is 2.39 bits per heavy atom. The Morgan fingerprint density at radius 2 is 1.68 bits per heavy atom. The number of hydrogen-bond acceptors (Lipinski definition) is 5. The number of hydrogen-bond donors (Lipinski definition) is 2. The van der Waals surface area contributed by atoms with E-state index in [2.05, 4.69) is 15.3 Å². The smallest absolute Gasteiger partial charge is 0.272 e. The van der Waals surface area contributed by atoms with E-state index in [1.54, 1.807) is 0 Å². The van der Waals surface area contributed by atoms with Gasteiger partial charge in [-0.1, -0.05) is 30.3 Å². The predicted molar refractivity (Wildman–Crippen MR) is 110 cm³/mol. The van der Waals surface area contributed by atoms with Crippen LogP contribution >= 0.6 is 0 Å². The molecule has 1 saturated heterocycles. The van der Waals surface area contributed by atoms with Crippen LogP contribution in [0.3, 0.4) is 0 Å². The summed E-state index contributed by atoms with van der Waals surface area (Å²) in [5.74, 6) is -0.816. The van der Waals surface area contributed by atoms with Crippen LogP contribution in [0.1, 0.15) is 19.3 Å². The van der Waals surface area contributed by atoms with Crippen LogP contribution in [-0.2, 0) is 9.59 Å². The Labute approximate surface area is 163 Å². The maximum absolute atomic E-state index is 12.9. The molecule has 0 saturated carbocycles. The number of benzene rings is 2. The van der Waals surface area contributed by atoms with Crippen LogP contribution in [0.15, 0.2) is 59.7 Å². The quantitative estimate of drug-likeness (QED) is 0.837. The summed E-state index contributed by atoms with van der Waals surface area (Å²) in [6.45, 7) is 1.97. The van der Waals surface area contributed by atoms with E-state index in [1.807, 2.05) is 54.6 Å². The molecule has 2 aromatic rings. The lowest BCUT2D eigenvalue weighted by Gasteiger charge is -2.21. The molecule has 2 aliphatic heterocycles. The topological polar surface area (TPSA) is 91.0 Å². The number of nitrogens with zero attached hydrogens (tertiary/aromatic N) is 3. The molecule has 2 aromatic carbocycles. The molecule has 0 aliphatic carbocycles. The summed E-state index contributed by atoms with van der Waals surface area (Å²) in [5, 5.41) is 8.91. The molecule has 0 radical (unpaired) electrons. The zero-order valence-corrected chi connectivity index (χ0v) is 15.5. The second-order valence-electron chi connectivity index (χ2n) is 7.01. The summed E-state index contributed by atoms with van der Waals surface area (Å²) in [5.41, 5.74) is 8.35. The molecule has 28 heavy (non-hydrogen) atoms. The van der Waals surface area contributed by atoms with Gasteiger partial charge in [-0.05, 0) is 37.1 Å².